The Hall–Kier alpha value is -3.48. The third-order valence-corrected chi connectivity index (χ3v) is 5.16. The standard InChI is InChI=1S/C23H25NO6/c1-5-17(25)20-21(15-8-11-18(29-3)19(12-15)30-4)24(23(27)22(20)26)13-14-6-9-16(28-2)10-7-14/h6-12,21,26H,5,13H2,1-4H3. The van der Waals surface area contributed by atoms with Gasteiger partial charge in [0.25, 0.3) is 5.91 Å². The summed E-state index contributed by atoms with van der Waals surface area (Å²) in [7, 11) is 4.63. The molecule has 30 heavy (non-hydrogen) atoms. The first-order valence-corrected chi connectivity index (χ1v) is 9.57. The normalized spacial score (nSPS) is 16.1. The number of hydrogen-bond donors (Lipinski definition) is 1. The first kappa shape index (κ1) is 21.2. The van der Waals surface area contributed by atoms with Crippen molar-refractivity contribution in [3.8, 4) is 17.2 Å². The van der Waals surface area contributed by atoms with Crippen LogP contribution in [0.15, 0.2) is 53.8 Å². The van der Waals surface area contributed by atoms with Crippen molar-refractivity contribution in [2.75, 3.05) is 21.3 Å². The molecule has 0 aliphatic carbocycles. The van der Waals surface area contributed by atoms with Crippen LogP contribution >= 0.6 is 0 Å². The van der Waals surface area contributed by atoms with Gasteiger partial charge >= 0.3 is 0 Å². The number of aliphatic hydroxyl groups is 1. The maximum Gasteiger partial charge on any atom is 0.290 e. The highest BCUT2D eigenvalue weighted by molar-refractivity contribution is 6.08. The maximum atomic E-state index is 12.9. The molecule has 1 atom stereocenters. The van der Waals surface area contributed by atoms with Gasteiger partial charge in [-0.05, 0) is 35.4 Å². The van der Waals surface area contributed by atoms with Gasteiger partial charge in [-0.25, -0.2) is 0 Å². The van der Waals surface area contributed by atoms with E-state index in [0.29, 0.717) is 22.8 Å². The second-order valence-electron chi connectivity index (χ2n) is 6.84. The average Bonchev–Trinajstić information content (AvgIpc) is 3.03. The van der Waals surface area contributed by atoms with Gasteiger partial charge in [0.15, 0.2) is 23.0 Å². The van der Waals surface area contributed by atoms with Gasteiger partial charge < -0.3 is 24.2 Å². The van der Waals surface area contributed by atoms with E-state index in [9.17, 15) is 14.7 Å². The molecule has 0 spiro atoms. The topological polar surface area (TPSA) is 85.3 Å². The van der Waals surface area contributed by atoms with Crippen molar-refractivity contribution in [1.29, 1.82) is 0 Å². The number of ketones is 1. The SMILES string of the molecule is CCC(=O)C1=C(O)C(=O)N(Cc2ccc(OC)cc2)C1c1ccc(OC)c(OC)c1. The minimum absolute atomic E-state index is 0.100. The zero-order valence-corrected chi connectivity index (χ0v) is 17.5. The third-order valence-electron chi connectivity index (χ3n) is 5.16. The van der Waals surface area contributed by atoms with E-state index in [1.165, 1.54) is 19.1 Å². The highest BCUT2D eigenvalue weighted by Crippen LogP contribution is 2.41. The van der Waals surface area contributed by atoms with Gasteiger partial charge in [0.05, 0.1) is 32.9 Å². The minimum atomic E-state index is -0.730. The Morgan fingerprint density at radius 3 is 2.23 bits per heavy atom. The van der Waals surface area contributed by atoms with Crippen LogP contribution in [0.5, 0.6) is 17.2 Å². The molecule has 1 amide bonds. The van der Waals surface area contributed by atoms with E-state index < -0.39 is 17.7 Å². The molecule has 0 radical (unpaired) electrons. The molecule has 2 aromatic rings. The average molecular weight is 411 g/mol. The number of Topliss-reactive ketones (excluding diaryl/α,β-unsaturated/α-hetero) is 1. The van der Waals surface area contributed by atoms with Crippen molar-refractivity contribution in [3.63, 3.8) is 0 Å². The molecule has 7 heteroatoms. The minimum Gasteiger partial charge on any atom is -0.503 e. The lowest BCUT2D eigenvalue weighted by Gasteiger charge is -2.27. The van der Waals surface area contributed by atoms with E-state index in [0.717, 1.165) is 5.56 Å². The molecule has 7 nitrogen and oxygen atoms in total. The van der Waals surface area contributed by atoms with Crippen molar-refractivity contribution in [3.05, 3.63) is 64.9 Å². The second-order valence-corrected chi connectivity index (χ2v) is 6.84. The molecule has 3 rings (SSSR count). The van der Waals surface area contributed by atoms with Crippen LogP contribution in [0.2, 0.25) is 0 Å². The number of aliphatic hydroxyl groups excluding tert-OH is 1. The highest BCUT2D eigenvalue weighted by Gasteiger charge is 2.43. The van der Waals surface area contributed by atoms with Crippen LogP contribution in [0.3, 0.4) is 0 Å². The van der Waals surface area contributed by atoms with E-state index >= 15 is 0 Å². The number of carbonyl (C=O) groups is 2. The smallest absolute Gasteiger partial charge is 0.290 e. The van der Waals surface area contributed by atoms with Crippen LogP contribution in [0.25, 0.3) is 0 Å². The van der Waals surface area contributed by atoms with Gasteiger partial charge in [-0.3, -0.25) is 9.59 Å². The Labute approximate surface area is 175 Å². The number of ether oxygens (including phenoxy) is 3. The predicted octanol–water partition coefficient (Wildman–Crippen LogP) is 3.59. The van der Waals surface area contributed by atoms with Crippen molar-refractivity contribution in [1.82, 2.24) is 4.90 Å². The molecule has 1 heterocycles. The van der Waals surface area contributed by atoms with Gasteiger partial charge in [-0.2, -0.15) is 0 Å². The van der Waals surface area contributed by atoms with E-state index in [1.807, 2.05) is 12.1 Å². The molecular formula is C23H25NO6. The van der Waals surface area contributed by atoms with Crippen LogP contribution in [0.1, 0.15) is 30.5 Å². The Balaban J connectivity index is 2.06. The monoisotopic (exact) mass is 411 g/mol. The molecule has 1 aliphatic rings. The molecular weight excluding hydrogens is 386 g/mol. The Kier molecular flexibility index (Phi) is 6.30. The van der Waals surface area contributed by atoms with Crippen LogP contribution in [0.4, 0.5) is 0 Å². The second kappa shape index (κ2) is 8.90. The lowest BCUT2D eigenvalue weighted by Crippen LogP contribution is -2.30. The van der Waals surface area contributed by atoms with Gasteiger partial charge in [0, 0.05) is 13.0 Å². The fraction of sp³-hybridized carbons (Fsp3) is 0.304. The van der Waals surface area contributed by atoms with Gasteiger partial charge in [0.1, 0.15) is 5.75 Å². The number of amides is 1. The Bertz CT molecular complexity index is 980. The summed E-state index contributed by atoms with van der Waals surface area (Å²) in [5, 5.41) is 10.5. The van der Waals surface area contributed by atoms with Crippen molar-refractivity contribution >= 4 is 11.7 Å². The van der Waals surface area contributed by atoms with E-state index in [1.54, 1.807) is 44.4 Å². The number of methoxy groups -OCH3 is 3. The van der Waals surface area contributed by atoms with Crippen LogP contribution < -0.4 is 14.2 Å². The highest BCUT2D eigenvalue weighted by atomic mass is 16.5. The molecule has 0 bridgehead atoms. The fourth-order valence-corrected chi connectivity index (χ4v) is 3.59. The summed E-state index contributed by atoms with van der Waals surface area (Å²) >= 11 is 0. The summed E-state index contributed by atoms with van der Waals surface area (Å²) in [6.07, 6.45) is 0.173. The van der Waals surface area contributed by atoms with Crippen LogP contribution in [-0.4, -0.2) is 43.0 Å². The van der Waals surface area contributed by atoms with E-state index in [4.69, 9.17) is 14.2 Å². The Morgan fingerprint density at radius 2 is 1.67 bits per heavy atom. The zero-order chi connectivity index (χ0) is 21.8. The largest absolute Gasteiger partial charge is 0.503 e. The van der Waals surface area contributed by atoms with E-state index in [-0.39, 0.29) is 24.3 Å². The Morgan fingerprint density at radius 1 is 1.00 bits per heavy atom. The lowest BCUT2D eigenvalue weighted by molar-refractivity contribution is -0.130. The molecule has 158 valence electrons. The molecule has 1 N–H and O–H groups in total. The fourth-order valence-electron chi connectivity index (χ4n) is 3.59. The summed E-state index contributed by atoms with van der Waals surface area (Å²) in [5.74, 6) is 0.339. The van der Waals surface area contributed by atoms with Gasteiger partial charge in [0.2, 0.25) is 0 Å². The first-order chi connectivity index (χ1) is 14.4. The lowest BCUT2D eigenvalue weighted by atomic mass is 9.94. The van der Waals surface area contributed by atoms with Crippen molar-refractivity contribution in [2.24, 2.45) is 0 Å². The molecule has 0 aromatic heterocycles. The van der Waals surface area contributed by atoms with Crippen LogP contribution in [0, 0.1) is 0 Å². The van der Waals surface area contributed by atoms with Gasteiger partial charge in [-0.1, -0.05) is 25.1 Å². The number of hydrogen-bond acceptors (Lipinski definition) is 6. The zero-order valence-electron chi connectivity index (χ0n) is 17.5. The molecule has 2 aromatic carbocycles. The quantitative estimate of drug-likeness (QED) is 0.715. The molecule has 1 aliphatic heterocycles. The molecule has 0 saturated heterocycles. The number of rotatable bonds is 8. The summed E-state index contributed by atoms with van der Waals surface area (Å²) in [6, 6.07) is 11.8. The first-order valence-electron chi connectivity index (χ1n) is 9.57. The van der Waals surface area contributed by atoms with Gasteiger partial charge in [-0.15, -0.1) is 0 Å². The number of nitrogens with zero attached hydrogens (tertiary/aromatic N) is 1. The summed E-state index contributed by atoms with van der Waals surface area (Å²) in [5.41, 5.74) is 1.59. The number of benzene rings is 2. The maximum absolute atomic E-state index is 12.9. The summed E-state index contributed by atoms with van der Waals surface area (Å²) < 4.78 is 15.9. The number of carbonyl (C=O) groups excluding carboxylic acids is 2. The predicted molar refractivity (Wildman–Crippen MR) is 111 cm³/mol. The van der Waals surface area contributed by atoms with E-state index in [2.05, 4.69) is 0 Å². The van der Waals surface area contributed by atoms with Crippen molar-refractivity contribution < 1.29 is 28.9 Å². The molecule has 0 saturated carbocycles. The molecule has 0 fully saturated rings. The molecule has 1 unspecified atom stereocenters. The van der Waals surface area contributed by atoms with Crippen molar-refractivity contribution in [2.45, 2.75) is 25.9 Å². The third kappa shape index (κ3) is 3.83. The summed E-state index contributed by atoms with van der Waals surface area (Å²) in [6.45, 7) is 1.91. The van der Waals surface area contributed by atoms with Crippen LogP contribution in [-0.2, 0) is 16.1 Å². The summed E-state index contributed by atoms with van der Waals surface area (Å²) in [4.78, 5) is 27.0.